The van der Waals surface area contributed by atoms with Crippen molar-refractivity contribution in [3.63, 3.8) is 0 Å². The molecule has 1 aliphatic carbocycles. The van der Waals surface area contributed by atoms with Gasteiger partial charge in [0.2, 0.25) is 0 Å². The molecule has 2 aromatic rings. The first-order valence-electron chi connectivity index (χ1n) is 10.8. The maximum atomic E-state index is 13.7. The van der Waals surface area contributed by atoms with Gasteiger partial charge in [-0.05, 0) is 68.1 Å². The Bertz CT molecular complexity index is 987. The van der Waals surface area contributed by atoms with Gasteiger partial charge in [0.25, 0.3) is 11.8 Å². The van der Waals surface area contributed by atoms with E-state index in [1.807, 2.05) is 0 Å². The fraction of sp³-hybridized carbons (Fsp3) is 0.375. The molecule has 1 saturated carbocycles. The molecule has 0 unspecified atom stereocenters. The van der Waals surface area contributed by atoms with Crippen LogP contribution in [-0.4, -0.2) is 49.2 Å². The van der Waals surface area contributed by atoms with E-state index >= 15 is 0 Å². The fourth-order valence-corrected chi connectivity index (χ4v) is 3.67. The highest BCUT2D eigenvalue weighted by Gasteiger charge is 2.26. The molecule has 0 saturated heterocycles. The third-order valence-electron chi connectivity index (χ3n) is 5.55. The fourth-order valence-electron chi connectivity index (χ4n) is 3.67. The molecular weight excluding hydrogens is 431 g/mol. The first-order chi connectivity index (χ1) is 15.9. The summed E-state index contributed by atoms with van der Waals surface area (Å²) in [7, 11) is 1.34. The van der Waals surface area contributed by atoms with E-state index in [4.69, 9.17) is 14.6 Å². The smallest absolute Gasteiger partial charge is 0.306 e. The summed E-state index contributed by atoms with van der Waals surface area (Å²) < 4.78 is 24.4. The number of benzene rings is 2. The van der Waals surface area contributed by atoms with Crippen LogP contribution < -0.4 is 20.1 Å². The number of aliphatic carboxylic acids is 1. The lowest BCUT2D eigenvalue weighted by molar-refractivity contribution is -0.143. The van der Waals surface area contributed by atoms with Gasteiger partial charge in [0.15, 0.2) is 11.6 Å². The highest BCUT2D eigenvalue weighted by Crippen LogP contribution is 2.28. The molecule has 0 bridgehead atoms. The largest absolute Gasteiger partial charge is 0.494 e. The van der Waals surface area contributed by atoms with Crippen LogP contribution in [0.5, 0.6) is 11.5 Å². The Labute approximate surface area is 191 Å². The van der Waals surface area contributed by atoms with Crippen LogP contribution in [0.1, 0.15) is 46.4 Å². The number of hydrogen-bond acceptors (Lipinski definition) is 5. The molecule has 9 heteroatoms. The second-order valence-corrected chi connectivity index (χ2v) is 7.82. The zero-order chi connectivity index (χ0) is 23.8. The first-order valence-corrected chi connectivity index (χ1v) is 10.8. The standard InChI is InChI=1S/C24H27FN2O6/c1-32-21-11-6-17(14-20(21)25)23(29)27-13-12-26-22(28)15-2-7-18(8-3-15)33-19-9-4-16(5-10-19)24(30)31/h2-3,6-8,11,14,16,19H,4-5,9-10,12-13H2,1H3,(H,26,28)(H,27,29)(H,30,31)/t16-,19+. The molecular formula is C24H27FN2O6. The van der Waals surface area contributed by atoms with Crippen LogP contribution in [0.2, 0.25) is 0 Å². The SMILES string of the molecule is COc1ccc(C(=O)NCCNC(=O)c2ccc(O[C@H]3CC[C@@H](C(=O)O)CC3)cc2)cc1F. The highest BCUT2D eigenvalue weighted by molar-refractivity contribution is 5.95. The molecule has 2 aromatic carbocycles. The van der Waals surface area contributed by atoms with Crippen LogP contribution in [0.25, 0.3) is 0 Å². The molecule has 8 nitrogen and oxygen atoms in total. The van der Waals surface area contributed by atoms with Crippen LogP contribution in [-0.2, 0) is 4.79 Å². The van der Waals surface area contributed by atoms with Crippen molar-refractivity contribution in [2.24, 2.45) is 5.92 Å². The van der Waals surface area contributed by atoms with E-state index in [2.05, 4.69) is 10.6 Å². The van der Waals surface area contributed by atoms with Gasteiger partial charge in [0.05, 0.1) is 19.1 Å². The maximum Gasteiger partial charge on any atom is 0.306 e. The van der Waals surface area contributed by atoms with Gasteiger partial charge in [-0.3, -0.25) is 14.4 Å². The second kappa shape index (κ2) is 11.3. The molecule has 0 heterocycles. The van der Waals surface area contributed by atoms with E-state index in [0.717, 1.165) is 6.07 Å². The van der Waals surface area contributed by atoms with Crippen LogP contribution in [0, 0.1) is 11.7 Å². The zero-order valence-corrected chi connectivity index (χ0v) is 18.3. The van der Waals surface area contributed by atoms with Crippen molar-refractivity contribution in [3.05, 3.63) is 59.4 Å². The van der Waals surface area contributed by atoms with Crippen LogP contribution in [0.3, 0.4) is 0 Å². The van der Waals surface area contributed by atoms with Crippen LogP contribution in [0.4, 0.5) is 4.39 Å². The lowest BCUT2D eigenvalue weighted by Gasteiger charge is -2.26. The predicted molar refractivity (Wildman–Crippen MR) is 118 cm³/mol. The van der Waals surface area contributed by atoms with Crippen molar-refractivity contribution >= 4 is 17.8 Å². The van der Waals surface area contributed by atoms with E-state index in [1.165, 1.54) is 19.2 Å². The minimum Gasteiger partial charge on any atom is -0.494 e. The molecule has 176 valence electrons. The van der Waals surface area contributed by atoms with E-state index < -0.39 is 17.7 Å². The summed E-state index contributed by atoms with van der Waals surface area (Å²) in [6, 6.07) is 10.6. The Balaban J connectivity index is 1.39. The number of hydrogen-bond donors (Lipinski definition) is 3. The number of methoxy groups -OCH3 is 1. The number of ether oxygens (including phenoxy) is 2. The minimum atomic E-state index is -0.752. The molecule has 0 atom stereocenters. The molecule has 1 aliphatic rings. The summed E-state index contributed by atoms with van der Waals surface area (Å²) >= 11 is 0. The quantitative estimate of drug-likeness (QED) is 0.498. The summed E-state index contributed by atoms with van der Waals surface area (Å²) in [6.07, 6.45) is 2.56. The number of rotatable bonds is 9. The van der Waals surface area contributed by atoms with Gasteiger partial charge in [-0.25, -0.2) is 4.39 Å². The molecule has 0 aromatic heterocycles. The Kier molecular flexibility index (Phi) is 8.23. The molecule has 2 amide bonds. The summed E-state index contributed by atoms with van der Waals surface area (Å²) in [4.78, 5) is 35.4. The van der Waals surface area contributed by atoms with Crippen molar-refractivity contribution in [1.29, 1.82) is 0 Å². The van der Waals surface area contributed by atoms with Crippen LogP contribution >= 0.6 is 0 Å². The molecule has 0 aliphatic heterocycles. The van der Waals surface area contributed by atoms with E-state index in [9.17, 15) is 18.8 Å². The average Bonchev–Trinajstić information content (AvgIpc) is 2.82. The predicted octanol–water partition coefficient (Wildman–Crippen LogP) is 3.02. The van der Waals surface area contributed by atoms with E-state index in [0.29, 0.717) is 37.0 Å². The van der Waals surface area contributed by atoms with Gasteiger partial charge in [0.1, 0.15) is 5.75 Å². The molecule has 0 spiro atoms. The number of carboxylic acid groups (broad SMARTS) is 1. The lowest BCUT2D eigenvalue weighted by Crippen LogP contribution is -2.34. The maximum absolute atomic E-state index is 13.7. The van der Waals surface area contributed by atoms with Crippen molar-refractivity contribution < 1.29 is 33.4 Å². The Morgan fingerprint density at radius 2 is 1.52 bits per heavy atom. The second-order valence-electron chi connectivity index (χ2n) is 7.82. The van der Waals surface area contributed by atoms with Crippen molar-refractivity contribution in [2.45, 2.75) is 31.8 Å². The number of amides is 2. The summed E-state index contributed by atoms with van der Waals surface area (Å²) in [6.45, 7) is 0.382. The van der Waals surface area contributed by atoms with Crippen LogP contribution in [0.15, 0.2) is 42.5 Å². The van der Waals surface area contributed by atoms with Gasteiger partial charge >= 0.3 is 5.97 Å². The first kappa shape index (κ1) is 24.0. The highest BCUT2D eigenvalue weighted by atomic mass is 19.1. The van der Waals surface area contributed by atoms with Gasteiger partial charge < -0.3 is 25.2 Å². The average molecular weight is 458 g/mol. The third-order valence-corrected chi connectivity index (χ3v) is 5.55. The van der Waals surface area contributed by atoms with Gasteiger partial charge in [-0.15, -0.1) is 0 Å². The van der Waals surface area contributed by atoms with Gasteiger partial charge in [-0.1, -0.05) is 0 Å². The zero-order valence-electron chi connectivity index (χ0n) is 18.3. The number of carbonyl (C=O) groups excluding carboxylic acids is 2. The van der Waals surface area contributed by atoms with Crippen molar-refractivity contribution in [3.8, 4) is 11.5 Å². The van der Waals surface area contributed by atoms with Crippen molar-refractivity contribution in [2.75, 3.05) is 20.2 Å². The Morgan fingerprint density at radius 3 is 2.06 bits per heavy atom. The Morgan fingerprint density at radius 1 is 0.939 bits per heavy atom. The molecule has 33 heavy (non-hydrogen) atoms. The van der Waals surface area contributed by atoms with E-state index in [-0.39, 0.29) is 42.3 Å². The topological polar surface area (TPSA) is 114 Å². The van der Waals surface area contributed by atoms with Crippen molar-refractivity contribution in [1.82, 2.24) is 10.6 Å². The van der Waals surface area contributed by atoms with Gasteiger partial charge in [-0.2, -0.15) is 0 Å². The number of nitrogens with one attached hydrogen (secondary N) is 2. The monoisotopic (exact) mass is 458 g/mol. The van der Waals surface area contributed by atoms with Gasteiger partial charge in [0, 0.05) is 24.2 Å². The summed E-state index contributed by atoms with van der Waals surface area (Å²) in [5.74, 6) is -1.74. The number of halogens is 1. The van der Waals surface area contributed by atoms with E-state index in [1.54, 1.807) is 24.3 Å². The molecule has 0 radical (unpaired) electrons. The molecule has 1 fully saturated rings. The number of carboxylic acids is 1. The summed E-state index contributed by atoms with van der Waals surface area (Å²) in [5, 5.41) is 14.4. The third kappa shape index (κ3) is 6.68. The molecule has 3 N–H and O–H groups in total. The number of carbonyl (C=O) groups is 3. The molecule has 3 rings (SSSR count). The summed E-state index contributed by atoms with van der Waals surface area (Å²) in [5.41, 5.74) is 0.604. The minimum absolute atomic E-state index is 0.0249. The lowest BCUT2D eigenvalue weighted by atomic mass is 9.87. The normalized spacial score (nSPS) is 17.6. The Hall–Kier alpha value is -3.62.